The van der Waals surface area contributed by atoms with Crippen molar-refractivity contribution in [3.8, 4) is 33.3 Å². The highest BCUT2D eigenvalue weighted by Gasteiger charge is 2.37. The van der Waals surface area contributed by atoms with Crippen molar-refractivity contribution in [1.29, 1.82) is 0 Å². The van der Waals surface area contributed by atoms with Crippen molar-refractivity contribution in [2.45, 2.75) is 25.6 Å². The van der Waals surface area contributed by atoms with Crippen molar-refractivity contribution in [3.63, 3.8) is 0 Å². The molecule has 0 bridgehead atoms. The molecule has 0 amide bonds. The van der Waals surface area contributed by atoms with Gasteiger partial charge < -0.3 is 14.2 Å². The Morgan fingerprint density at radius 2 is 1.89 bits per heavy atom. The van der Waals surface area contributed by atoms with Crippen molar-refractivity contribution < 1.29 is 27.6 Å². The largest absolute Gasteiger partial charge is 0.480 e. The standard InChI is InChI=1S/C25H18F3N3O3S/c1-2-18(24(32)33)31-11-10-15-12-16(8-9-19(15)31)22-29-23(34-30-22)20-13-17(14-6-4-3-5-7-14)21(35-20)25(26,27)28/h3-13,18H,2H2,1H3,(H,32,33). The fourth-order valence-corrected chi connectivity index (χ4v) is 5.01. The predicted molar refractivity (Wildman–Crippen MR) is 126 cm³/mol. The molecule has 0 radical (unpaired) electrons. The maximum absolute atomic E-state index is 13.7. The van der Waals surface area contributed by atoms with Crippen LogP contribution in [0.25, 0.3) is 44.2 Å². The molecule has 10 heteroatoms. The van der Waals surface area contributed by atoms with Crippen LogP contribution in [0, 0.1) is 0 Å². The number of benzene rings is 2. The van der Waals surface area contributed by atoms with Gasteiger partial charge in [-0.05, 0) is 42.3 Å². The van der Waals surface area contributed by atoms with Gasteiger partial charge in [0.05, 0.1) is 4.88 Å². The summed E-state index contributed by atoms with van der Waals surface area (Å²) in [6, 6.07) is 16.2. The molecule has 5 rings (SSSR count). The summed E-state index contributed by atoms with van der Waals surface area (Å²) in [6.45, 7) is 1.80. The zero-order valence-electron chi connectivity index (χ0n) is 18.3. The molecule has 0 fully saturated rings. The van der Waals surface area contributed by atoms with Gasteiger partial charge in [-0.25, -0.2) is 4.79 Å². The van der Waals surface area contributed by atoms with E-state index in [-0.39, 0.29) is 22.2 Å². The second-order valence-corrected chi connectivity index (χ2v) is 8.95. The Morgan fingerprint density at radius 1 is 1.11 bits per heavy atom. The molecule has 35 heavy (non-hydrogen) atoms. The van der Waals surface area contributed by atoms with Gasteiger partial charge in [-0.2, -0.15) is 18.2 Å². The quantitative estimate of drug-likeness (QED) is 0.270. The summed E-state index contributed by atoms with van der Waals surface area (Å²) in [7, 11) is 0. The molecule has 0 aliphatic heterocycles. The lowest BCUT2D eigenvalue weighted by Gasteiger charge is -2.13. The van der Waals surface area contributed by atoms with Gasteiger partial charge in [0.15, 0.2) is 0 Å². The molecule has 178 valence electrons. The lowest BCUT2D eigenvalue weighted by molar-refractivity contribution is -0.141. The molecular weight excluding hydrogens is 479 g/mol. The van der Waals surface area contributed by atoms with Gasteiger partial charge in [-0.15, -0.1) is 11.3 Å². The second-order valence-electron chi connectivity index (χ2n) is 7.90. The minimum atomic E-state index is -4.53. The molecule has 0 saturated heterocycles. The van der Waals surface area contributed by atoms with Gasteiger partial charge >= 0.3 is 12.1 Å². The number of fused-ring (bicyclic) bond motifs is 1. The van der Waals surface area contributed by atoms with Crippen LogP contribution >= 0.6 is 11.3 Å². The van der Waals surface area contributed by atoms with E-state index in [1.54, 1.807) is 72.3 Å². The van der Waals surface area contributed by atoms with Crippen LogP contribution in [-0.2, 0) is 11.0 Å². The number of rotatable bonds is 6. The summed E-state index contributed by atoms with van der Waals surface area (Å²) in [5.41, 5.74) is 1.85. The lowest BCUT2D eigenvalue weighted by atomic mass is 10.1. The monoisotopic (exact) mass is 497 g/mol. The Hall–Kier alpha value is -3.92. The normalized spacial score (nSPS) is 12.8. The summed E-state index contributed by atoms with van der Waals surface area (Å²) in [5, 5.41) is 14.2. The molecule has 0 aliphatic rings. The van der Waals surface area contributed by atoms with Crippen LogP contribution in [0.3, 0.4) is 0 Å². The van der Waals surface area contributed by atoms with Gasteiger partial charge in [0.1, 0.15) is 10.9 Å². The van der Waals surface area contributed by atoms with Gasteiger partial charge in [-0.3, -0.25) is 0 Å². The fourth-order valence-electron chi connectivity index (χ4n) is 4.05. The van der Waals surface area contributed by atoms with E-state index in [1.807, 2.05) is 0 Å². The zero-order chi connectivity index (χ0) is 24.7. The van der Waals surface area contributed by atoms with Crippen LogP contribution in [0.1, 0.15) is 24.3 Å². The van der Waals surface area contributed by atoms with Gasteiger partial charge in [0.2, 0.25) is 5.82 Å². The SMILES string of the molecule is CCC(C(=O)O)n1ccc2cc(-c3noc(-c4cc(-c5ccccc5)c(C(F)(F)F)s4)n3)ccc21. The van der Waals surface area contributed by atoms with Crippen LogP contribution in [0.5, 0.6) is 0 Å². The molecule has 0 aliphatic carbocycles. The molecule has 6 nitrogen and oxygen atoms in total. The highest BCUT2D eigenvalue weighted by molar-refractivity contribution is 7.16. The summed E-state index contributed by atoms with van der Waals surface area (Å²) in [4.78, 5) is 15.4. The Labute approximate surface area is 201 Å². The van der Waals surface area contributed by atoms with Crippen molar-refractivity contribution >= 4 is 28.2 Å². The average Bonchev–Trinajstić information content (AvgIpc) is 3.57. The van der Waals surface area contributed by atoms with Crippen LogP contribution in [-0.4, -0.2) is 25.8 Å². The van der Waals surface area contributed by atoms with E-state index in [9.17, 15) is 23.1 Å². The maximum Gasteiger partial charge on any atom is 0.426 e. The number of aliphatic carboxylic acids is 1. The smallest absolute Gasteiger partial charge is 0.426 e. The molecule has 1 atom stereocenters. The Morgan fingerprint density at radius 3 is 2.57 bits per heavy atom. The van der Waals surface area contributed by atoms with Crippen molar-refractivity contribution in [2.75, 3.05) is 0 Å². The van der Waals surface area contributed by atoms with Crippen molar-refractivity contribution in [2.24, 2.45) is 0 Å². The van der Waals surface area contributed by atoms with Crippen LogP contribution in [0.4, 0.5) is 13.2 Å². The van der Waals surface area contributed by atoms with Gasteiger partial charge in [-0.1, -0.05) is 42.4 Å². The van der Waals surface area contributed by atoms with Crippen molar-refractivity contribution in [1.82, 2.24) is 14.7 Å². The number of carbonyl (C=O) groups is 1. The second kappa shape index (κ2) is 8.70. The van der Waals surface area contributed by atoms with Crippen LogP contribution in [0.2, 0.25) is 0 Å². The maximum atomic E-state index is 13.7. The number of nitrogens with zero attached hydrogens (tertiary/aromatic N) is 3. The first kappa shape index (κ1) is 22.9. The lowest BCUT2D eigenvalue weighted by Crippen LogP contribution is -2.17. The third kappa shape index (κ3) is 4.21. The Balaban J connectivity index is 1.51. The third-order valence-electron chi connectivity index (χ3n) is 5.70. The number of thiophene rings is 1. The van der Waals surface area contributed by atoms with E-state index >= 15 is 0 Å². The number of carboxylic acid groups (broad SMARTS) is 1. The van der Waals surface area contributed by atoms with E-state index in [0.717, 1.165) is 10.9 Å². The van der Waals surface area contributed by atoms with Gasteiger partial charge in [0, 0.05) is 28.2 Å². The zero-order valence-corrected chi connectivity index (χ0v) is 19.1. The molecule has 1 unspecified atom stereocenters. The number of hydrogen-bond acceptors (Lipinski definition) is 5. The number of alkyl halides is 3. The number of carboxylic acids is 1. The molecule has 1 N–H and O–H groups in total. The average molecular weight is 497 g/mol. The van der Waals surface area contributed by atoms with E-state index in [0.29, 0.717) is 28.9 Å². The molecule has 0 spiro atoms. The fraction of sp³-hybridized carbons (Fsp3) is 0.160. The minimum Gasteiger partial charge on any atom is -0.480 e. The van der Waals surface area contributed by atoms with E-state index in [2.05, 4.69) is 10.1 Å². The van der Waals surface area contributed by atoms with E-state index in [4.69, 9.17) is 4.52 Å². The first-order chi connectivity index (χ1) is 16.8. The molecule has 3 aromatic heterocycles. The van der Waals surface area contributed by atoms with E-state index < -0.39 is 23.1 Å². The Kier molecular flexibility index (Phi) is 5.68. The number of hydrogen-bond donors (Lipinski definition) is 1. The summed E-state index contributed by atoms with van der Waals surface area (Å²) < 4.78 is 48.2. The van der Waals surface area contributed by atoms with E-state index in [1.165, 1.54) is 6.07 Å². The molecule has 3 heterocycles. The Bertz CT molecular complexity index is 1520. The number of aromatic nitrogens is 3. The minimum absolute atomic E-state index is 0.00716. The third-order valence-corrected chi connectivity index (χ3v) is 6.87. The topological polar surface area (TPSA) is 81.1 Å². The molecule has 5 aromatic rings. The molecule has 2 aromatic carbocycles. The summed E-state index contributed by atoms with van der Waals surface area (Å²) in [5.74, 6) is -0.698. The van der Waals surface area contributed by atoms with Gasteiger partial charge in [0.25, 0.3) is 5.89 Å². The summed E-state index contributed by atoms with van der Waals surface area (Å²) >= 11 is 0.557. The van der Waals surface area contributed by atoms with Crippen LogP contribution in [0.15, 0.2) is 71.4 Å². The first-order valence-corrected chi connectivity index (χ1v) is 11.5. The first-order valence-electron chi connectivity index (χ1n) is 10.7. The predicted octanol–water partition coefficient (Wildman–Crippen LogP) is 7.14. The summed E-state index contributed by atoms with van der Waals surface area (Å²) in [6.07, 6.45) is -2.38. The molecular formula is C25H18F3N3O3S. The van der Waals surface area contributed by atoms with Crippen LogP contribution < -0.4 is 0 Å². The number of halogens is 3. The highest BCUT2D eigenvalue weighted by atomic mass is 32.1. The highest BCUT2D eigenvalue weighted by Crippen LogP contribution is 2.45. The van der Waals surface area contributed by atoms with Crippen molar-refractivity contribution in [3.05, 3.63) is 71.7 Å². The molecule has 0 saturated carbocycles.